The molecule has 25 heavy (non-hydrogen) atoms. The minimum atomic E-state index is -3.33. The zero-order valence-electron chi connectivity index (χ0n) is 14.9. The first-order chi connectivity index (χ1) is 12.1. The van der Waals surface area contributed by atoms with Gasteiger partial charge in [0.2, 0.25) is 10.0 Å². The van der Waals surface area contributed by atoms with Crippen molar-refractivity contribution in [3.63, 3.8) is 0 Å². The number of hydrogen-bond acceptors (Lipinski definition) is 3. The fraction of sp³-hybridized carbons (Fsp3) is 0.611. The Balaban J connectivity index is 1.61. The van der Waals surface area contributed by atoms with Gasteiger partial charge >= 0.3 is 0 Å². The van der Waals surface area contributed by atoms with Gasteiger partial charge in [0.1, 0.15) is 0 Å². The third-order valence-electron chi connectivity index (χ3n) is 4.65. The molecule has 7 heteroatoms. The second-order valence-electron chi connectivity index (χ2n) is 6.77. The van der Waals surface area contributed by atoms with Gasteiger partial charge in [-0.2, -0.15) is 4.31 Å². The van der Waals surface area contributed by atoms with Crippen molar-refractivity contribution in [1.82, 2.24) is 14.9 Å². The number of nitrogens with one attached hydrogen (secondary N) is 2. The maximum Gasteiger partial charge on any atom is 0.243 e. The van der Waals surface area contributed by atoms with Gasteiger partial charge < -0.3 is 10.6 Å². The lowest BCUT2D eigenvalue weighted by Crippen LogP contribution is -2.38. The normalized spacial score (nSPS) is 19.2. The minimum absolute atomic E-state index is 0.376. The predicted octanol–water partition coefficient (Wildman–Crippen LogP) is 1.94. The van der Waals surface area contributed by atoms with E-state index in [1.54, 1.807) is 16.4 Å². The number of guanidine groups is 1. The van der Waals surface area contributed by atoms with Gasteiger partial charge in [-0.05, 0) is 56.2 Å². The zero-order chi connectivity index (χ0) is 17.7. The van der Waals surface area contributed by atoms with Crippen LogP contribution in [0.1, 0.15) is 38.2 Å². The lowest BCUT2D eigenvalue weighted by Gasteiger charge is -2.15. The molecule has 2 fully saturated rings. The number of sulfonamides is 1. The smallest absolute Gasteiger partial charge is 0.243 e. The van der Waals surface area contributed by atoms with Gasteiger partial charge in [-0.15, -0.1) is 0 Å². The largest absolute Gasteiger partial charge is 0.357 e. The summed E-state index contributed by atoms with van der Waals surface area (Å²) in [6.45, 7) is 5.64. The van der Waals surface area contributed by atoms with Gasteiger partial charge in [0.15, 0.2) is 5.96 Å². The summed E-state index contributed by atoms with van der Waals surface area (Å²) in [7, 11) is -3.33. The highest BCUT2D eigenvalue weighted by Gasteiger charge is 2.26. The first-order valence-corrected chi connectivity index (χ1v) is 10.6. The molecule has 1 saturated heterocycles. The van der Waals surface area contributed by atoms with E-state index in [0.29, 0.717) is 24.5 Å². The summed E-state index contributed by atoms with van der Waals surface area (Å²) in [6, 6.07) is 7.11. The average Bonchev–Trinajstić information content (AvgIpc) is 3.27. The van der Waals surface area contributed by atoms with Crippen molar-refractivity contribution in [2.45, 2.75) is 44.0 Å². The van der Waals surface area contributed by atoms with E-state index < -0.39 is 10.0 Å². The van der Waals surface area contributed by atoms with Crippen molar-refractivity contribution in [3.8, 4) is 0 Å². The molecule has 0 radical (unpaired) electrons. The van der Waals surface area contributed by atoms with Crippen molar-refractivity contribution < 1.29 is 8.42 Å². The van der Waals surface area contributed by atoms with Crippen LogP contribution in [-0.2, 0) is 16.6 Å². The van der Waals surface area contributed by atoms with Gasteiger partial charge in [0.25, 0.3) is 0 Å². The SMILES string of the molecule is CCNC(=NCc1ccc(S(=O)(=O)N2CCCC2)cc1)NCC1CC1. The fourth-order valence-corrected chi connectivity index (χ4v) is 4.44. The van der Waals surface area contributed by atoms with Crippen LogP contribution in [0, 0.1) is 5.92 Å². The van der Waals surface area contributed by atoms with Crippen LogP contribution in [0.3, 0.4) is 0 Å². The molecule has 0 spiro atoms. The number of nitrogens with zero attached hydrogens (tertiary/aromatic N) is 2. The van der Waals surface area contributed by atoms with Crippen molar-refractivity contribution in [2.75, 3.05) is 26.2 Å². The molecule has 1 aliphatic heterocycles. The summed E-state index contributed by atoms with van der Waals surface area (Å²) in [5.74, 6) is 1.61. The second-order valence-corrected chi connectivity index (χ2v) is 8.71. The molecule has 6 nitrogen and oxygen atoms in total. The molecular formula is C18H28N4O2S. The van der Waals surface area contributed by atoms with Crippen LogP contribution < -0.4 is 10.6 Å². The Morgan fingerprint density at radius 2 is 1.84 bits per heavy atom. The molecule has 138 valence electrons. The van der Waals surface area contributed by atoms with E-state index >= 15 is 0 Å². The first-order valence-electron chi connectivity index (χ1n) is 9.21. The molecule has 0 aromatic heterocycles. The van der Waals surface area contributed by atoms with E-state index in [2.05, 4.69) is 15.6 Å². The highest BCUT2D eigenvalue weighted by molar-refractivity contribution is 7.89. The maximum absolute atomic E-state index is 12.5. The minimum Gasteiger partial charge on any atom is -0.357 e. The summed E-state index contributed by atoms with van der Waals surface area (Å²) in [6.07, 6.45) is 4.51. The van der Waals surface area contributed by atoms with Crippen molar-refractivity contribution in [1.29, 1.82) is 0 Å². The van der Waals surface area contributed by atoms with E-state index in [4.69, 9.17) is 0 Å². The molecule has 0 atom stereocenters. The van der Waals surface area contributed by atoms with Gasteiger partial charge in [-0.1, -0.05) is 12.1 Å². The van der Waals surface area contributed by atoms with Crippen LogP contribution in [0.15, 0.2) is 34.2 Å². The summed E-state index contributed by atoms with van der Waals surface area (Å²) in [5, 5.41) is 6.61. The molecule has 1 saturated carbocycles. The third kappa shape index (κ3) is 4.95. The van der Waals surface area contributed by atoms with Gasteiger partial charge in [0, 0.05) is 26.2 Å². The van der Waals surface area contributed by atoms with Crippen molar-refractivity contribution in [2.24, 2.45) is 10.9 Å². The molecule has 1 aromatic rings. The van der Waals surface area contributed by atoms with Gasteiger partial charge in [-0.3, -0.25) is 0 Å². The lowest BCUT2D eigenvalue weighted by molar-refractivity contribution is 0.477. The van der Waals surface area contributed by atoms with Crippen LogP contribution in [0.2, 0.25) is 0 Å². The molecule has 0 bridgehead atoms. The molecule has 0 amide bonds. The summed E-state index contributed by atoms with van der Waals surface area (Å²) < 4.78 is 26.6. The Labute approximate surface area is 150 Å². The molecule has 2 aliphatic rings. The number of benzene rings is 1. The topological polar surface area (TPSA) is 73.8 Å². The van der Waals surface area contributed by atoms with Crippen LogP contribution in [0.5, 0.6) is 0 Å². The maximum atomic E-state index is 12.5. The van der Waals surface area contributed by atoms with E-state index in [9.17, 15) is 8.42 Å². The molecule has 2 N–H and O–H groups in total. The van der Waals surface area contributed by atoms with E-state index in [1.807, 2.05) is 19.1 Å². The summed E-state index contributed by atoms with van der Waals surface area (Å²) in [5.41, 5.74) is 1.00. The Morgan fingerprint density at radius 1 is 1.16 bits per heavy atom. The van der Waals surface area contributed by atoms with Gasteiger partial charge in [-0.25, -0.2) is 13.4 Å². The lowest BCUT2D eigenvalue weighted by atomic mass is 10.2. The molecule has 1 aromatic carbocycles. The van der Waals surface area contributed by atoms with Gasteiger partial charge in [0.05, 0.1) is 11.4 Å². The third-order valence-corrected chi connectivity index (χ3v) is 6.56. The van der Waals surface area contributed by atoms with Crippen molar-refractivity contribution >= 4 is 16.0 Å². The first kappa shape index (κ1) is 18.2. The zero-order valence-corrected chi connectivity index (χ0v) is 15.7. The standard InChI is InChI=1S/C18H28N4O2S/c1-2-19-18(20-13-15-5-6-15)21-14-16-7-9-17(10-8-16)25(23,24)22-11-3-4-12-22/h7-10,15H,2-6,11-14H2,1H3,(H2,19,20,21). The highest BCUT2D eigenvalue weighted by Crippen LogP contribution is 2.27. The number of hydrogen-bond donors (Lipinski definition) is 2. The predicted molar refractivity (Wildman–Crippen MR) is 100.0 cm³/mol. The summed E-state index contributed by atoms with van der Waals surface area (Å²) in [4.78, 5) is 4.96. The Kier molecular flexibility index (Phi) is 5.96. The summed E-state index contributed by atoms with van der Waals surface area (Å²) >= 11 is 0. The Morgan fingerprint density at radius 3 is 2.44 bits per heavy atom. The monoisotopic (exact) mass is 364 g/mol. The number of aliphatic imine (C=N–C) groups is 1. The molecular weight excluding hydrogens is 336 g/mol. The van der Waals surface area contributed by atoms with Crippen LogP contribution >= 0.6 is 0 Å². The second kappa shape index (κ2) is 8.19. The average molecular weight is 365 g/mol. The van der Waals surface area contributed by atoms with E-state index in [1.165, 1.54) is 12.8 Å². The van der Waals surface area contributed by atoms with Crippen LogP contribution in [-0.4, -0.2) is 44.9 Å². The van der Waals surface area contributed by atoms with E-state index in [0.717, 1.165) is 43.4 Å². The Bertz CT molecular complexity index is 690. The van der Waals surface area contributed by atoms with Crippen LogP contribution in [0.25, 0.3) is 0 Å². The highest BCUT2D eigenvalue weighted by atomic mass is 32.2. The number of rotatable bonds is 7. The quantitative estimate of drug-likeness (QED) is 0.573. The molecule has 1 heterocycles. The van der Waals surface area contributed by atoms with Crippen LogP contribution in [0.4, 0.5) is 0 Å². The molecule has 1 aliphatic carbocycles. The Hall–Kier alpha value is -1.60. The van der Waals surface area contributed by atoms with E-state index in [-0.39, 0.29) is 0 Å². The molecule has 3 rings (SSSR count). The fourth-order valence-electron chi connectivity index (χ4n) is 2.92. The molecule has 0 unspecified atom stereocenters. The van der Waals surface area contributed by atoms with Crippen molar-refractivity contribution in [3.05, 3.63) is 29.8 Å².